The fourth-order valence-corrected chi connectivity index (χ4v) is 2.45. The van der Waals surface area contributed by atoms with Crippen LogP contribution in [0.1, 0.15) is 33.4 Å². The third-order valence-corrected chi connectivity index (χ3v) is 4.40. The number of nitrogens with zero attached hydrogens (tertiary/aromatic N) is 2. The van der Waals surface area contributed by atoms with Crippen molar-refractivity contribution in [3.05, 3.63) is 23.0 Å². The predicted octanol–water partition coefficient (Wildman–Crippen LogP) is 2.65. The zero-order valence-corrected chi connectivity index (χ0v) is 11.0. The van der Waals surface area contributed by atoms with Crippen molar-refractivity contribution in [2.24, 2.45) is 10.8 Å². The molecule has 0 unspecified atom stereocenters. The standard InChI is InChI=1S/C12H18ClN3/c1-11(2)10(12(11,3)4)14-7-8-5-6-9(13)16-15-8/h5-6,10,14H,7H2,1-4H3. The first-order valence-corrected chi connectivity index (χ1v) is 5.95. The van der Waals surface area contributed by atoms with Gasteiger partial charge in [0.1, 0.15) is 0 Å². The second-order valence-corrected chi connectivity index (χ2v) is 5.99. The maximum atomic E-state index is 5.68. The normalized spacial score (nSPS) is 22.1. The largest absolute Gasteiger partial charge is 0.307 e. The lowest BCUT2D eigenvalue weighted by Gasteiger charge is -2.05. The van der Waals surface area contributed by atoms with E-state index in [9.17, 15) is 0 Å². The van der Waals surface area contributed by atoms with Crippen molar-refractivity contribution < 1.29 is 0 Å². The van der Waals surface area contributed by atoms with Crippen LogP contribution < -0.4 is 5.32 Å². The van der Waals surface area contributed by atoms with Crippen molar-refractivity contribution in [1.29, 1.82) is 0 Å². The van der Waals surface area contributed by atoms with Crippen molar-refractivity contribution in [1.82, 2.24) is 15.5 Å². The van der Waals surface area contributed by atoms with Gasteiger partial charge in [0.25, 0.3) is 0 Å². The fraction of sp³-hybridized carbons (Fsp3) is 0.667. The van der Waals surface area contributed by atoms with Gasteiger partial charge >= 0.3 is 0 Å². The van der Waals surface area contributed by atoms with Crippen LogP contribution in [0.5, 0.6) is 0 Å². The van der Waals surface area contributed by atoms with E-state index >= 15 is 0 Å². The molecule has 0 spiro atoms. The third kappa shape index (κ3) is 1.82. The lowest BCUT2D eigenvalue weighted by molar-refractivity contribution is 0.457. The van der Waals surface area contributed by atoms with Gasteiger partial charge in [-0.05, 0) is 23.0 Å². The quantitative estimate of drug-likeness (QED) is 0.881. The lowest BCUT2D eigenvalue weighted by Crippen LogP contribution is -2.22. The van der Waals surface area contributed by atoms with E-state index in [-0.39, 0.29) is 0 Å². The number of nitrogens with one attached hydrogen (secondary N) is 1. The van der Waals surface area contributed by atoms with Crippen LogP contribution in [0.4, 0.5) is 0 Å². The maximum absolute atomic E-state index is 5.68. The summed E-state index contributed by atoms with van der Waals surface area (Å²) in [6.07, 6.45) is 0. The van der Waals surface area contributed by atoms with E-state index in [0.29, 0.717) is 22.0 Å². The molecule has 1 heterocycles. The molecule has 0 amide bonds. The van der Waals surface area contributed by atoms with Crippen LogP contribution >= 0.6 is 11.6 Å². The lowest BCUT2D eigenvalue weighted by atomic mass is 10.0. The Kier molecular flexibility index (Phi) is 2.71. The van der Waals surface area contributed by atoms with Gasteiger partial charge in [-0.2, -0.15) is 5.10 Å². The molecule has 88 valence electrons. The monoisotopic (exact) mass is 239 g/mol. The number of aromatic nitrogens is 2. The molecular formula is C12H18ClN3. The summed E-state index contributed by atoms with van der Waals surface area (Å²) in [5.74, 6) is 0. The van der Waals surface area contributed by atoms with Gasteiger partial charge in [0.15, 0.2) is 5.15 Å². The minimum Gasteiger partial charge on any atom is -0.307 e. The third-order valence-electron chi connectivity index (χ3n) is 4.20. The van der Waals surface area contributed by atoms with Gasteiger partial charge < -0.3 is 5.32 Å². The number of hydrogen-bond acceptors (Lipinski definition) is 3. The molecule has 0 bridgehead atoms. The predicted molar refractivity (Wildman–Crippen MR) is 65.2 cm³/mol. The smallest absolute Gasteiger partial charge is 0.151 e. The molecular weight excluding hydrogens is 222 g/mol. The topological polar surface area (TPSA) is 37.8 Å². The van der Waals surface area contributed by atoms with Gasteiger partial charge in [0, 0.05) is 12.6 Å². The molecule has 0 atom stereocenters. The van der Waals surface area contributed by atoms with Crippen LogP contribution in [-0.4, -0.2) is 16.2 Å². The SMILES string of the molecule is CC1(C)C(NCc2ccc(Cl)nn2)C1(C)C. The summed E-state index contributed by atoms with van der Waals surface area (Å²) in [5.41, 5.74) is 1.64. The molecule has 4 heteroatoms. The van der Waals surface area contributed by atoms with E-state index in [1.54, 1.807) is 6.07 Å². The summed E-state index contributed by atoms with van der Waals surface area (Å²) in [7, 11) is 0. The highest BCUT2D eigenvalue weighted by Crippen LogP contribution is 2.62. The fourth-order valence-electron chi connectivity index (χ4n) is 2.35. The first-order chi connectivity index (χ1) is 7.35. The molecule has 1 aliphatic rings. The summed E-state index contributed by atoms with van der Waals surface area (Å²) < 4.78 is 0. The Labute approximate surface area is 102 Å². The van der Waals surface area contributed by atoms with Gasteiger partial charge in [-0.1, -0.05) is 39.3 Å². The second-order valence-electron chi connectivity index (χ2n) is 5.60. The molecule has 16 heavy (non-hydrogen) atoms. The van der Waals surface area contributed by atoms with Gasteiger partial charge in [-0.25, -0.2) is 0 Å². The number of hydrogen-bond donors (Lipinski definition) is 1. The van der Waals surface area contributed by atoms with E-state index in [1.807, 2.05) is 6.07 Å². The molecule has 3 nitrogen and oxygen atoms in total. The van der Waals surface area contributed by atoms with Crippen LogP contribution in [0, 0.1) is 10.8 Å². The summed E-state index contributed by atoms with van der Waals surface area (Å²) in [6.45, 7) is 9.91. The molecule has 0 aliphatic heterocycles. The Balaban J connectivity index is 1.93. The average molecular weight is 240 g/mol. The molecule has 1 N–H and O–H groups in total. The first kappa shape index (κ1) is 11.8. The van der Waals surface area contributed by atoms with E-state index in [4.69, 9.17) is 11.6 Å². The van der Waals surface area contributed by atoms with Gasteiger partial charge in [0.05, 0.1) is 5.69 Å². The molecule has 1 fully saturated rings. The first-order valence-electron chi connectivity index (χ1n) is 5.57. The highest BCUT2D eigenvalue weighted by molar-refractivity contribution is 6.29. The molecule has 1 aliphatic carbocycles. The molecule has 1 aromatic rings. The van der Waals surface area contributed by atoms with Crippen molar-refractivity contribution in [2.45, 2.75) is 40.3 Å². The van der Waals surface area contributed by atoms with Crippen LogP contribution in [0.2, 0.25) is 5.15 Å². The van der Waals surface area contributed by atoms with Gasteiger partial charge in [0.2, 0.25) is 0 Å². The van der Waals surface area contributed by atoms with E-state index in [0.717, 1.165) is 12.2 Å². The number of halogens is 1. The van der Waals surface area contributed by atoms with Crippen molar-refractivity contribution in [3.8, 4) is 0 Å². The number of rotatable bonds is 3. The summed E-state index contributed by atoms with van der Waals surface area (Å²) in [4.78, 5) is 0. The van der Waals surface area contributed by atoms with Crippen LogP contribution in [-0.2, 0) is 6.54 Å². The van der Waals surface area contributed by atoms with E-state index in [2.05, 4.69) is 43.2 Å². The summed E-state index contributed by atoms with van der Waals surface area (Å²) in [5, 5.41) is 11.8. The van der Waals surface area contributed by atoms with Gasteiger partial charge in [-0.15, -0.1) is 5.10 Å². The minimum absolute atomic E-state index is 0.354. The molecule has 0 aromatic carbocycles. The van der Waals surface area contributed by atoms with Crippen LogP contribution in [0.3, 0.4) is 0 Å². The van der Waals surface area contributed by atoms with E-state index in [1.165, 1.54) is 0 Å². The zero-order chi connectivity index (χ0) is 12.0. The Hall–Kier alpha value is -0.670. The average Bonchev–Trinajstić information content (AvgIpc) is 2.58. The van der Waals surface area contributed by atoms with Crippen molar-refractivity contribution in [3.63, 3.8) is 0 Å². The van der Waals surface area contributed by atoms with E-state index < -0.39 is 0 Å². The molecule has 1 saturated carbocycles. The van der Waals surface area contributed by atoms with Crippen LogP contribution in [0.15, 0.2) is 12.1 Å². The molecule has 1 aromatic heterocycles. The minimum atomic E-state index is 0.354. The van der Waals surface area contributed by atoms with Crippen molar-refractivity contribution in [2.75, 3.05) is 0 Å². The summed E-state index contributed by atoms with van der Waals surface area (Å²) in [6, 6.07) is 4.22. The highest BCUT2D eigenvalue weighted by atomic mass is 35.5. The molecule has 0 saturated heterocycles. The summed E-state index contributed by atoms with van der Waals surface area (Å²) >= 11 is 5.68. The molecule has 0 radical (unpaired) electrons. The van der Waals surface area contributed by atoms with Crippen molar-refractivity contribution >= 4 is 11.6 Å². The Morgan fingerprint density at radius 3 is 2.25 bits per heavy atom. The Bertz CT molecular complexity index is 370. The molecule has 2 rings (SSSR count). The van der Waals surface area contributed by atoms with Crippen LogP contribution in [0.25, 0.3) is 0 Å². The zero-order valence-electron chi connectivity index (χ0n) is 10.2. The Morgan fingerprint density at radius 1 is 1.19 bits per heavy atom. The highest BCUT2D eigenvalue weighted by Gasteiger charge is 2.64. The van der Waals surface area contributed by atoms with Gasteiger partial charge in [-0.3, -0.25) is 0 Å². The second kappa shape index (κ2) is 3.67. The Morgan fingerprint density at radius 2 is 1.81 bits per heavy atom. The maximum Gasteiger partial charge on any atom is 0.151 e.